The van der Waals surface area contributed by atoms with Crippen LogP contribution in [0.2, 0.25) is 0 Å². The zero-order valence-electron chi connectivity index (χ0n) is 15.4. The summed E-state index contributed by atoms with van der Waals surface area (Å²) in [6.07, 6.45) is -0.370. The van der Waals surface area contributed by atoms with E-state index in [0.29, 0.717) is 19.6 Å². The van der Waals surface area contributed by atoms with Crippen molar-refractivity contribution in [3.63, 3.8) is 0 Å². The van der Waals surface area contributed by atoms with Crippen molar-refractivity contribution in [2.75, 3.05) is 13.2 Å². The van der Waals surface area contributed by atoms with E-state index in [1.54, 1.807) is 27.7 Å². The smallest absolute Gasteiger partial charge is 0.311 e. The number of carbonyl (C=O) groups is 2. The first-order valence-corrected chi connectivity index (χ1v) is 8.91. The molecule has 1 saturated heterocycles. The lowest BCUT2D eigenvalue weighted by Gasteiger charge is -2.31. The Kier molecular flexibility index (Phi) is 7.00. The minimum absolute atomic E-state index is 0.0850. The van der Waals surface area contributed by atoms with E-state index in [-0.39, 0.29) is 29.7 Å². The number of rotatable bonds is 4. The molecule has 0 saturated carbocycles. The average Bonchev–Trinajstić information content (AvgIpc) is 2.62. The Morgan fingerprint density at radius 3 is 2.52 bits per heavy atom. The van der Waals surface area contributed by atoms with E-state index in [0.717, 1.165) is 5.56 Å². The highest BCUT2D eigenvalue weighted by molar-refractivity contribution is 5.73. The highest BCUT2D eigenvalue weighted by Crippen LogP contribution is 2.24. The second kappa shape index (κ2) is 8.99. The molecule has 0 spiro atoms. The molecular weight excluding hydrogens is 320 g/mol. The van der Waals surface area contributed by atoms with E-state index in [1.807, 2.05) is 30.3 Å². The van der Waals surface area contributed by atoms with Crippen molar-refractivity contribution >= 4 is 11.9 Å². The molecule has 0 aromatic heterocycles. The Labute approximate surface area is 149 Å². The largest absolute Gasteiger partial charge is 0.458 e. The van der Waals surface area contributed by atoms with E-state index in [4.69, 9.17) is 14.2 Å². The molecule has 138 valence electrons. The molecule has 2 rings (SSSR count). The lowest BCUT2D eigenvalue weighted by Crippen LogP contribution is -2.42. The van der Waals surface area contributed by atoms with Crippen LogP contribution in [0.25, 0.3) is 0 Å². The van der Waals surface area contributed by atoms with E-state index in [1.165, 1.54) is 0 Å². The lowest BCUT2D eigenvalue weighted by atomic mass is 9.91. The number of carbonyl (C=O) groups excluding carboxylic acids is 2. The molecule has 5 nitrogen and oxygen atoms in total. The molecule has 0 N–H and O–H groups in total. The summed E-state index contributed by atoms with van der Waals surface area (Å²) in [6, 6.07) is 9.99. The summed E-state index contributed by atoms with van der Waals surface area (Å²) >= 11 is 0. The van der Waals surface area contributed by atoms with Crippen molar-refractivity contribution in [3.8, 4) is 0 Å². The van der Waals surface area contributed by atoms with Crippen LogP contribution in [0.5, 0.6) is 0 Å². The first-order valence-electron chi connectivity index (χ1n) is 8.91. The fraction of sp³-hybridized carbons (Fsp3) is 0.600. The van der Waals surface area contributed by atoms with Gasteiger partial charge in [0.05, 0.1) is 25.0 Å². The molecule has 0 radical (unpaired) electrons. The van der Waals surface area contributed by atoms with Gasteiger partial charge in [-0.25, -0.2) is 0 Å². The predicted molar refractivity (Wildman–Crippen MR) is 93.9 cm³/mol. The zero-order valence-corrected chi connectivity index (χ0v) is 15.4. The molecule has 1 heterocycles. The summed E-state index contributed by atoms with van der Waals surface area (Å²) < 4.78 is 17.0. The number of esters is 2. The highest BCUT2D eigenvalue weighted by atomic mass is 16.6. The van der Waals surface area contributed by atoms with E-state index < -0.39 is 12.2 Å². The fourth-order valence-electron chi connectivity index (χ4n) is 2.86. The van der Waals surface area contributed by atoms with E-state index in [2.05, 4.69) is 0 Å². The minimum Gasteiger partial charge on any atom is -0.458 e. The molecule has 1 aliphatic heterocycles. The Bertz CT molecular complexity index is 569. The second-order valence-corrected chi connectivity index (χ2v) is 7.09. The third kappa shape index (κ3) is 5.56. The minimum atomic E-state index is -0.538. The average molecular weight is 348 g/mol. The van der Waals surface area contributed by atoms with Crippen molar-refractivity contribution < 1.29 is 23.8 Å². The molecule has 1 fully saturated rings. The van der Waals surface area contributed by atoms with Crippen LogP contribution in [0.1, 0.15) is 33.3 Å². The van der Waals surface area contributed by atoms with Crippen molar-refractivity contribution in [3.05, 3.63) is 35.9 Å². The number of benzene rings is 1. The van der Waals surface area contributed by atoms with Gasteiger partial charge in [0.1, 0.15) is 12.2 Å². The van der Waals surface area contributed by atoms with Crippen LogP contribution < -0.4 is 0 Å². The van der Waals surface area contributed by atoms with Gasteiger partial charge in [-0.3, -0.25) is 9.59 Å². The molecule has 0 amide bonds. The molecular formula is C20H28O5. The van der Waals surface area contributed by atoms with Crippen molar-refractivity contribution in [1.29, 1.82) is 0 Å². The third-order valence-corrected chi connectivity index (χ3v) is 4.40. The van der Waals surface area contributed by atoms with Crippen LogP contribution in [0.15, 0.2) is 30.3 Å². The maximum atomic E-state index is 12.2. The molecule has 0 bridgehead atoms. The first-order chi connectivity index (χ1) is 11.9. The number of hydrogen-bond donors (Lipinski definition) is 0. The summed E-state index contributed by atoms with van der Waals surface area (Å²) in [7, 11) is 0. The molecule has 4 atom stereocenters. The normalized spacial score (nSPS) is 27.8. The molecule has 0 unspecified atom stereocenters. The SMILES string of the molecule is CC(C)C(=O)O[C@@H]1[C@@H](Cc2ccccc2)COC[C@H](C)C(=O)O[C@H]1C. The molecule has 5 heteroatoms. The molecule has 1 aliphatic rings. The van der Waals surface area contributed by atoms with Gasteiger partial charge in [0, 0.05) is 5.92 Å². The summed E-state index contributed by atoms with van der Waals surface area (Å²) in [4.78, 5) is 24.3. The summed E-state index contributed by atoms with van der Waals surface area (Å²) in [5.41, 5.74) is 1.13. The van der Waals surface area contributed by atoms with Gasteiger partial charge < -0.3 is 14.2 Å². The van der Waals surface area contributed by atoms with Gasteiger partial charge in [0.25, 0.3) is 0 Å². The monoisotopic (exact) mass is 348 g/mol. The molecule has 1 aromatic carbocycles. The number of ether oxygens (including phenoxy) is 3. The van der Waals surface area contributed by atoms with Crippen molar-refractivity contribution in [2.24, 2.45) is 17.8 Å². The Hall–Kier alpha value is -1.88. The predicted octanol–water partition coefficient (Wildman–Crippen LogP) is 3.01. The first kappa shape index (κ1) is 19.4. The standard InChI is InChI=1S/C20H28O5/c1-13(2)19(21)25-18-15(4)24-20(22)14(3)11-23-12-17(18)10-16-8-6-5-7-9-16/h5-9,13-15,17-18H,10-12H2,1-4H3/t14-,15-,17-,18-/m0/s1. The maximum Gasteiger partial charge on any atom is 0.311 e. The van der Waals surface area contributed by atoms with E-state index >= 15 is 0 Å². The third-order valence-electron chi connectivity index (χ3n) is 4.40. The van der Waals surface area contributed by atoms with Crippen molar-refractivity contribution in [2.45, 2.75) is 46.3 Å². The topological polar surface area (TPSA) is 61.8 Å². The van der Waals surface area contributed by atoms with Crippen LogP contribution in [0, 0.1) is 17.8 Å². The lowest BCUT2D eigenvalue weighted by molar-refractivity contribution is -0.174. The molecule has 0 aliphatic carbocycles. The Morgan fingerprint density at radius 2 is 1.88 bits per heavy atom. The molecule has 1 aromatic rings. The van der Waals surface area contributed by atoms with Crippen LogP contribution >= 0.6 is 0 Å². The fourth-order valence-corrected chi connectivity index (χ4v) is 2.86. The Morgan fingerprint density at radius 1 is 1.20 bits per heavy atom. The second-order valence-electron chi connectivity index (χ2n) is 7.09. The van der Waals surface area contributed by atoms with Gasteiger partial charge in [0.15, 0.2) is 0 Å². The Balaban J connectivity index is 2.24. The van der Waals surface area contributed by atoms with Gasteiger partial charge in [-0.1, -0.05) is 44.2 Å². The van der Waals surface area contributed by atoms with Crippen LogP contribution in [0.4, 0.5) is 0 Å². The van der Waals surface area contributed by atoms with Gasteiger partial charge >= 0.3 is 11.9 Å². The van der Waals surface area contributed by atoms with E-state index in [9.17, 15) is 9.59 Å². The molecule has 25 heavy (non-hydrogen) atoms. The van der Waals surface area contributed by atoms with Gasteiger partial charge in [-0.15, -0.1) is 0 Å². The zero-order chi connectivity index (χ0) is 18.4. The summed E-state index contributed by atoms with van der Waals surface area (Å²) in [6.45, 7) is 7.86. The summed E-state index contributed by atoms with van der Waals surface area (Å²) in [5.74, 6) is -1.28. The number of cyclic esters (lactones) is 1. The highest BCUT2D eigenvalue weighted by Gasteiger charge is 2.36. The van der Waals surface area contributed by atoms with Crippen LogP contribution in [-0.2, 0) is 30.2 Å². The van der Waals surface area contributed by atoms with Crippen molar-refractivity contribution in [1.82, 2.24) is 0 Å². The summed E-state index contributed by atoms with van der Waals surface area (Å²) in [5, 5.41) is 0. The van der Waals surface area contributed by atoms with Gasteiger partial charge in [-0.05, 0) is 25.8 Å². The quantitative estimate of drug-likeness (QED) is 0.783. The van der Waals surface area contributed by atoms with Gasteiger partial charge in [-0.2, -0.15) is 0 Å². The maximum absolute atomic E-state index is 12.2. The van der Waals surface area contributed by atoms with Crippen LogP contribution in [-0.4, -0.2) is 37.4 Å². The van der Waals surface area contributed by atoms with Gasteiger partial charge in [0.2, 0.25) is 0 Å². The van der Waals surface area contributed by atoms with Crippen LogP contribution in [0.3, 0.4) is 0 Å². The number of hydrogen-bond acceptors (Lipinski definition) is 5.